The van der Waals surface area contributed by atoms with E-state index in [9.17, 15) is 4.79 Å². The summed E-state index contributed by atoms with van der Waals surface area (Å²) in [5, 5.41) is 3.25. The summed E-state index contributed by atoms with van der Waals surface area (Å²) < 4.78 is 0. The Morgan fingerprint density at radius 2 is 1.79 bits per heavy atom. The molecule has 2 aliphatic heterocycles. The quantitative estimate of drug-likeness (QED) is 0.860. The molecule has 0 aliphatic carbocycles. The molecule has 2 amide bonds. The number of benzene rings is 1. The first-order chi connectivity index (χ1) is 13.4. The van der Waals surface area contributed by atoms with Crippen molar-refractivity contribution in [2.75, 3.05) is 39.3 Å². The van der Waals surface area contributed by atoms with Crippen molar-refractivity contribution in [3.8, 4) is 0 Å². The third kappa shape index (κ3) is 5.95. The van der Waals surface area contributed by atoms with Crippen molar-refractivity contribution in [3.63, 3.8) is 0 Å². The first-order valence-electron chi connectivity index (χ1n) is 11.0. The lowest BCUT2D eigenvalue weighted by Gasteiger charge is -2.36. The summed E-state index contributed by atoms with van der Waals surface area (Å²) in [5.74, 6) is 0. The van der Waals surface area contributed by atoms with E-state index in [1.54, 1.807) is 0 Å². The number of carbonyl (C=O) groups is 1. The lowest BCUT2D eigenvalue weighted by atomic mass is 10.0. The Morgan fingerprint density at radius 3 is 2.54 bits per heavy atom. The molecule has 1 atom stereocenters. The van der Waals surface area contributed by atoms with Crippen LogP contribution in [0.25, 0.3) is 0 Å². The Labute approximate surface area is 171 Å². The van der Waals surface area contributed by atoms with Crippen molar-refractivity contribution in [3.05, 3.63) is 35.9 Å². The van der Waals surface area contributed by atoms with E-state index in [2.05, 4.69) is 66.2 Å². The van der Waals surface area contributed by atoms with E-state index in [0.717, 1.165) is 52.2 Å². The SMILES string of the molecule is CC(C)(C)N1CCCN(C(=O)NC[C@@H]2CCCCN2Cc2ccccc2)CC1. The molecule has 2 aliphatic rings. The maximum Gasteiger partial charge on any atom is 0.317 e. The summed E-state index contributed by atoms with van der Waals surface area (Å²) in [6.45, 7) is 13.3. The zero-order valence-electron chi connectivity index (χ0n) is 18.0. The van der Waals surface area contributed by atoms with Crippen LogP contribution in [0, 0.1) is 0 Å². The predicted octanol–water partition coefficient (Wildman–Crippen LogP) is 3.56. The molecule has 5 heteroatoms. The van der Waals surface area contributed by atoms with Gasteiger partial charge in [-0.2, -0.15) is 0 Å². The molecule has 1 aromatic carbocycles. The summed E-state index contributed by atoms with van der Waals surface area (Å²) >= 11 is 0. The molecule has 0 bridgehead atoms. The molecule has 0 saturated carbocycles. The van der Waals surface area contributed by atoms with Crippen LogP contribution in [0.4, 0.5) is 4.79 Å². The second kappa shape index (κ2) is 9.75. The number of nitrogens with one attached hydrogen (secondary N) is 1. The topological polar surface area (TPSA) is 38.8 Å². The third-order valence-electron chi connectivity index (χ3n) is 6.20. The second-order valence-electron chi connectivity index (χ2n) is 9.29. The fourth-order valence-electron chi connectivity index (χ4n) is 4.43. The molecule has 0 spiro atoms. The third-order valence-corrected chi connectivity index (χ3v) is 6.20. The Balaban J connectivity index is 1.49. The van der Waals surface area contributed by atoms with Crippen LogP contribution >= 0.6 is 0 Å². The van der Waals surface area contributed by atoms with Crippen LogP contribution in [0.3, 0.4) is 0 Å². The van der Waals surface area contributed by atoms with Crippen molar-refractivity contribution in [1.29, 1.82) is 0 Å². The smallest absolute Gasteiger partial charge is 0.317 e. The minimum Gasteiger partial charge on any atom is -0.336 e. The van der Waals surface area contributed by atoms with E-state index in [1.807, 2.05) is 4.90 Å². The molecule has 0 radical (unpaired) electrons. The summed E-state index contributed by atoms with van der Waals surface area (Å²) in [7, 11) is 0. The average Bonchev–Trinajstić information content (AvgIpc) is 2.94. The monoisotopic (exact) mass is 386 g/mol. The second-order valence-corrected chi connectivity index (χ2v) is 9.29. The highest BCUT2D eigenvalue weighted by Gasteiger charge is 2.27. The molecule has 28 heavy (non-hydrogen) atoms. The van der Waals surface area contributed by atoms with Crippen LogP contribution in [0.15, 0.2) is 30.3 Å². The van der Waals surface area contributed by atoms with Gasteiger partial charge in [-0.1, -0.05) is 36.8 Å². The fourth-order valence-corrected chi connectivity index (χ4v) is 4.43. The highest BCUT2D eigenvalue weighted by molar-refractivity contribution is 5.74. The van der Waals surface area contributed by atoms with Crippen molar-refractivity contribution >= 4 is 6.03 Å². The van der Waals surface area contributed by atoms with Crippen molar-refractivity contribution in [2.45, 2.75) is 64.6 Å². The number of carbonyl (C=O) groups excluding carboxylic acids is 1. The van der Waals surface area contributed by atoms with Gasteiger partial charge < -0.3 is 10.2 Å². The molecule has 1 aromatic rings. The summed E-state index contributed by atoms with van der Waals surface area (Å²) in [5.41, 5.74) is 1.53. The number of urea groups is 1. The first-order valence-corrected chi connectivity index (χ1v) is 11.0. The molecule has 3 rings (SSSR count). The van der Waals surface area contributed by atoms with Crippen LogP contribution in [0.1, 0.15) is 52.0 Å². The Kier molecular flexibility index (Phi) is 7.36. The predicted molar refractivity (Wildman–Crippen MR) is 115 cm³/mol. The van der Waals surface area contributed by atoms with E-state index < -0.39 is 0 Å². The largest absolute Gasteiger partial charge is 0.336 e. The maximum atomic E-state index is 12.8. The van der Waals surface area contributed by atoms with Gasteiger partial charge in [-0.15, -0.1) is 0 Å². The summed E-state index contributed by atoms with van der Waals surface area (Å²) in [4.78, 5) is 19.8. The van der Waals surface area contributed by atoms with Gasteiger partial charge in [0.2, 0.25) is 0 Å². The van der Waals surface area contributed by atoms with Gasteiger partial charge in [0.1, 0.15) is 0 Å². The standard InChI is InChI=1S/C23H38N4O/c1-23(2,3)27-15-9-14-25(16-17-27)22(28)24-18-21-12-7-8-13-26(21)19-20-10-5-4-6-11-20/h4-6,10-11,21H,7-9,12-19H2,1-3H3,(H,24,28)/t21-/m0/s1. The van der Waals surface area contributed by atoms with E-state index in [4.69, 9.17) is 0 Å². The van der Waals surface area contributed by atoms with Gasteiger partial charge in [-0.3, -0.25) is 9.80 Å². The Morgan fingerprint density at radius 1 is 1.00 bits per heavy atom. The molecule has 5 nitrogen and oxygen atoms in total. The summed E-state index contributed by atoms with van der Waals surface area (Å²) in [6, 6.07) is 11.2. The number of hydrogen-bond donors (Lipinski definition) is 1. The molecule has 1 N–H and O–H groups in total. The van der Waals surface area contributed by atoms with Gasteiger partial charge in [-0.05, 0) is 52.1 Å². The van der Waals surface area contributed by atoms with Gasteiger partial charge in [0.15, 0.2) is 0 Å². The molecule has 2 heterocycles. The van der Waals surface area contributed by atoms with Crippen LogP contribution in [-0.2, 0) is 6.54 Å². The van der Waals surface area contributed by atoms with E-state index in [1.165, 1.54) is 24.8 Å². The first kappa shape index (κ1) is 21.1. The molecule has 2 fully saturated rings. The molecule has 0 unspecified atom stereocenters. The van der Waals surface area contributed by atoms with Crippen molar-refractivity contribution < 1.29 is 4.79 Å². The van der Waals surface area contributed by atoms with Crippen LogP contribution < -0.4 is 5.32 Å². The zero-order chi connectivity index (χ0) is 20.0. The minimum atomic E-state index is 0.112. The van der Waals surface area contributed by atoms with Gasteiger partial charge in [-0.25, -0.2) is 4.79 Å². The normalized spacial score (nSPS) is 22.7. The number of piperidine rings is 1. The molecular formula is C23H38N4O. The summed E-state index contributed by atoms with van der Waals surface area (Å²) in [6.07, 6.45) is 4.74. The fraction of sp³-hybridized carbons (Fsp3) is 0.696. The van der Waals surface area contributed by atoms with Crippen molar-refractivity contribution in [1.82, 2.24) is 20.0 Å². The molecular weight excluding hydrogens is 348 g/mol. The van der Waals surface area contributed by atoms with E-state index >= 15 is 0 Å². The van der Waals surface area contributed by atoms with Crippen molar-refractivity contribution in [2.24, 2.45) is 0 Å². The van der Waals surface area contributed by atoms with Crippen LogP contribution in [0.5, 0.6) is 0 Å². The highest BCUT2D eigenvalue weighted by atomic mass is 16.2. The Hall–Kier alpha value is -1.59. The highest BCUT2D eigenvalue weighted by Crippen LogP contribution is 2.20. The Bertz CT molecular complexity index is 613. The minimum absolute atomic E-state index is 0.112. The van der Waals surface area contributed by atoms with Crippen LogP contribution in [0.2, 0.25) is 0 Å². The van der Waals surface area contributed by atoms with Gasteiger partial charge in [0.25, 0.3) is 0 Å². The van der Waals surface area contributed by atoms with Gasteiger partial charge in [0, 0.05) is 50.8 Å². The molecule has 156 valence electrons. The number of amides is 2. The molecule has 2 saturated heterocycles. The average molecular weight is 387 g/mol. The number of likely N-dealkylation sites (tertiary alicyclic amines) is 1. The van der Waals surface area contributed by atoms with E-state index in [-0.39, 0.29) is 11.6 Å². The lowest BCUT2D eigenvalue weighted by molar-refractivity contribution is 0.131. The number of nitrogens with zero attached hydrogens (tertiary/aromatic N) is 3. The molecule has 0 aromatic heterocycles. The lowest BCUT2D eigenvalue weighted by Crippen LogP contribution is -2.50. The van der Waals surface area contributed by atoms with Gasteiger partial charge in [0.05, 0.1) is 0 Å². The van der Waals surface area contributed by atoms with E-state index in [0.29, 0.717) is 6.04 Å². The number of rotatable bonds is 4. The van der Waals surface area contributed by atoms with Gasteiger partial charge >= 0.3 is 6.03 Å². The van der Waals surface area contributed by atoms with Crippen LogP contribution in [-0.4, -0.2) is 71.6 Å². The number of hydrogen-bond acceptors (Lipinski definition) is 3. The zero-order valence-corrected chi connectivity index (χ0v) is 18.0. The maximum absolute atomic E-state index is 12.8.